The lowest BCUT2D eigenvalue weighted by Gasteiger charge is -2.48. The van der Waals surface area contributed by atoms with Gasteiger partial charge >= 0.3 is 5.69 Å². The molecule has 0 aliphatic carbocycles. The first-order chi connectivity index (χ1) is 13.9. The van der Waals surface area contributed by atoms with Crippen molar-refractivity contribution in [3.05, 3.63) is 38.4 Å². The van der Waals surface area contributed by atoms with Gasteiger partial charge < -0.3 is 28.4 Å². The summed E-state index contributed by atoms with van der Waals surface area (Å²) in [6.07, 6.45) is -3.17. The van der Waals surface area contributed by atoms with Gasteiger partial charge in [-0.25, -0.2) is 0 Å². The van der Waals surface area contributed by atoms with E-state index in [2.05, 4.69) is 0 Å². The average molecular weight is 414 g/mol. The van der Waals surface area contributed by atoms with Crippen LogP contribution in [0.1, 0.15) is 6.42 Å². The molecule has 2 heterocycles. The third-order valence-corrected chi connectivity index (χ3v) is 5.05. The van der Waals surface area contributed by atoms with Crippen molar-refractivity contribution >= 4 is 11.4 Å². The summed E-state index contributed by atoms with van der Waals surface area (Å²) in [5.41, 5.74) is -0.983. The van der Waals surface area contributed by atoms with Crippen LogP contribution in [0.25, 0.3) is 0 Å². The molecule has 29 heavy (non-hydrogen) atoms. The second kappa shape index (κ2) is 8.97. The fourth-order valence-electron chi connectivity index (χ4n) is 3.66. The molecule has 160 valence electrons. The van der Waals surface area contributed by atoms with Gasteiger partial charge in [0, 0.05) is 34.0 Å². The van der Waals surface area contributed by atoms with Crippen LogP contribution in [-0.4, -0.2) is 74.6 Å². The summed E-state index contributed by atoms with van der Waals surface area (Å²) >= 11 is 0. The molecular weight excluding hydrogens is 392 g/mol. The third kappa shape index (κ3) is 4.16. The summed E-state index contributed by atoms with van der Waals surface area (Å²) < 4.78 is 34.1. The maximum absolute atomic E-state index is 11.4. The Morgan fingerprint density at radius 2 is 1.72 bits per heavy atom. The minimum Gasteiger partial charge on any atom is -0.455 e. The smallest absolute Gasteiger partial charge is 0.317 e. The Bertz CT molecular complexity index is 758. The van der Waals surface area contributed by atoms with Crippen LogP contribution in [0.3, 0.4) is 0 Å². The SMILES string of the molecule is CO[C@H]1[C@H]2OCC[C@H](OC)[C@H]2O[C@@H](Oc2ccc([N+](=O)[O-])cc2[N+](=O)[O-])[C@@H]1OC. The Kier molecular flexibility index (Phi) is 6.59. The van der Waals surface area contributed by atoms with Crippen molar-refractivity contribution in [2.24, 2.45) is 0 Å². The number of nitrogens with zero attached hydrogens (tertiary/aromatic N) is 2. The van der Waals surface area contributed by atoms with Crippen molar-refractivity contribution in [1.82, 2.24) is 0 Å². The number of hydrogen-bond acceptors (Lipinski definition) is 10. The number of hydrogen-bond donors (Lipinski definition) is 0. The molecular formula is C17H22N2O10. The molecule has 2 fully saturated rings. The third-order valence-electron chi connectivity index (χ3n) is 5.05. The zero-order chi connectivity index (χ0) is 21.1. The van der Waals surface area contributed by atoms with E-state index in [9.17, 15) is 20.2 Å². The first-order valence-corrected chi connectivity index (χ1v) is 8.86. The van der Waals surface area contributed by atoms with E-state index < -0.39 is 51.9 Å². The molecule has 2 saturated heterocycles. The van der Waals surface area contributed by atoms with Crippen molar-refractivity contribution in [3.8, 4) is 5.75 Å². The van der Waals surface area contributed by atoms with Crippen molar-refractivity contribution in [1.29, 1.82) is 0 Å². The zero-order valence-corrected chi connectivity index (χ0v) is 16.1. The number of benzene rings is 1. The lowest BCUT2D eigenvalue weighted by Crippen LogP contribution is -2.65. The van der Waals surface area contributed by atoms with E-state index in [0.717, 1.165) is 18.2 Å². The Morgan fingerprint density at radius 3 is 2.31 bits per heavy atom. The summed E-state index contributed by atoms with van der Waals surface area (Å²) in [4.78, 5) is 20.9. The van der Waals surface area contributed by atoms with Crippen LogP contribution in [0.5, 0.6) is 5.75 Å². The van der Waals surface area contributed by atoms with E-state index in [4.69, 9.17) is 28.4 Å². The van der Waals surface area contributed by atoms with Gasteiger partial charge in [-0.3, -0.25) is 20.2 Å². The Balaban J connectivity index is 1.92. The average Bonchev–Trinajstić information content (AvgIpc) is 2.72. The number of rotatable bonds is 7. The van der Waals surface area contributed by atoms with Gasteiger partial charge in [0.25, 0.3) is 5.69 Å². The molecule has 0 unspecified atom stereocenters. The number of nitro benzene ring substituents is 2. The fourth-order valence-corrected chi connectivity index (χ4v) is 3.66. The van der Waals surface area contributed by atoms with E-state index in [1.54, 1.807) is 7.11 Å². The minimum atomic E-state index is -1.09. The molecule has 0 aromatic heterocycles. The predicted molar refractivity (Wildman–Crippen MR) is 95.8 cm³/mol. The molecule has 0 amide bonds. The molecule has 0 spiro atoms. The molecule has 1 aromatic rings. The van der Waals surface area contributed by atoms with Gasteiger partial charge in [0.1, 0.15) is 24.4 Å². The van der Waals surface area contributed by atoms with Gasteiger partial charge in [-0.1, -0.05) is 0 Å². The first-order valence-electron chi connectivity index (χ1n) is 8.86. The second-order valence-corrected chi connectivity index (χ2v) is 6.55. The van der Waals surface area contributed by atoms with Crippen LogP contribution in [0.2, 0.25) is 0 Å². The summed E-state index contributed by atoms with van der Waals surface area (Å²) in [6, 6.07) is 3.11. The Labute approximate surface area is 165 Å². The van der Waals surface area contributed by atoms with E-state index in [-0.39, 0.29) is 11.9 Å². The number of methoxy groups -OCH3 is 3. The molecule has 1 aromatic carbocycles. The summed E-state index contributed by atoms with van der Waals surface area (Å²) in [7, 11) is 4.47. The van der Waals surface area contributed by atoms with Crippen LogP contribution in [0.15, 0.2) is 18.2 Å². The van der Waals surface area contributed by atoms with Gasteiger partial charge in [-0.2, -0.15) is 0 Å². The fraction of sp³-hybridized carbons (Fsp3) is 0.647. The molecule has 3 rings (SSSR count). The van der Waals surface area contributed by atoms with Crippen LogP contribution in [0, 0.1) is 20.2 Å². The molecule has 12 heteroatoms. The van der Waals surface area contributed by atoms with Crippen molar-refractivity contribution in [2.75, 3.05) is 27.9 Å². The van der Waals surface area contributed by atoms with Gasteiger partial charge in [0.2, 0.25) is 12.0 Å². The first kappa shape index (κ1) is 21.3. The largest absolute Gasteiger partial charge is 0.455 e. The molecule has 2 aliphatic rings. The van der Waals surface area contributed by atoms with Crippen molar-refractivity contribution in [3.63, 3.8) is 0 Å². The van der Waals surface area contributed by atoms with E-state index in [0.29, 0.717) is 13.0 Å². The highest BCUT2D eigenvalue weighted by molar-refractivity contribution is 5.53. The lowest BCUT2D eigenvalue weighted by atomic mass is 9.91. The normalized spacial score (nSPS) is 31.7. The molecule has 0 radical (unpaired) electrons. The Morgan fingerprint density at radius 1 is 1.00 bits per heavy atom. The predicted octanol–water partition coefficient (Wildman–Crippen LogP) is 1.44. The van der Waals surface area contributed by atoms with Crippen LogP contribution in [0.4, 0.5) is 11.4 Å². The number of non-ortho nitro benzene ring substituents is 1. The topological polar surface area (TPSA) is 142 Å². The standard InChI is InChI=1S/C17H22N2O10/c1-24-12-6-7-27-15-13(12)29-17(16(26-3)14(15)25-2)28-11-5-4-9(18(20)21)8-10(11)19(22)23/h4-5,8,12-17H,6-7H2,1-3H3/t12-,13+,14-,15-,16+,17+/m0/s1. The number of ether oxygens (including phenoxy) is 6. The maximum Gasteiger partial charge on any atom is 0.317 e. The Hall–Kier alpha value is -2.38. The highest BCUT2D eigenvalue weighted by atomic mass is 16.7. The molecule has 0 saturated carbocycles. The van der Waals surface area contributed by atoms with Gasteiger partial charge in [0.05, 0.1) is 22.0 Å². The van der Waals surface area contributed by atoms with Crippen LogP contribution in [-0.2, 0) is 23.7 Å². The molecule has 0 bridgehead atoms. The number of nitro groups is 2. The van der Waals surface area contributed by atoms with Crippen molar-refractivity contribution in [2.45, 2.75) is 43.2 Å². The van der Waals surface area contributed by atoms with E-state index >= 15 is 0 Å². The molecule has 6 atom stereocenters. The van der Waals surface area contributed by atoms with Gasteiger partial charge in [-0.05, 0) is 12.5 Å². The minimum absolute atomic E-state index is 0.188. The van der Waals surface area contributed by atoms with Crippen LogP contribution < -0.4 is 4.74 Å². The monoisotopic (exact) mass is 414 g/mol. The van der Waals surface area contributed by atoms with Gasteiger partial charge in [-0.15, -0.1) is 0 Å². The molecule has 12 nitrogen and oxygen atoms in total. The van der Waals surface area contributed by atoms with Crippen molar-refractivity contribution < 1.29 is 38.3 Å². The summed E-state index contributed by atoms with van der Waals surface area (Å²) in [5.74, 6) is -0.188. The highest BCUT2D eigenvalue weighted by Crippen LogP contribution is 2.37. The maximum atomic E-state index is 11.4. The summed E-state index contributed by atoms with van der Waals surface area (Å²) in [6.45, 7) is 0.457. The molecule has 0 N–H and O–H groups in total. The quantitative estimate of drug-likeness (QED) is 0.475. The van der Waals surface area contributed by atoms with Gasteiger partial charge in [0.15, 0.2) is 0 Å². The second-order valence-electron chi connectivity index (χ2n) is 6.55. The lowest BCUT2D eigenvalue weighted by molar-refractivity contribution is -0.395. The van der Waals surface area contributed by atoms with E-state index in [1.807, 2.05) is 0 Å². The highest BCUT2D eigenvalue weighted by Gasteiger charge is 2.53. The zero-order valence-electron chi connectivity index (χ0n) is 16.1. The van der Waals surface area contributed by atoms with Crippen LogP contribution >= 0.6 is 0 Å². The van der Waals surface area contributed by atoms with E-state index in [1.165, 1.54) is 14.2 Å². The summed E-state index contributed by atoms with van der Waals surface area (Å²) in [5, 5.41) is 22.3. The molecule has 2 aliphatic heterocycles. The number of fused-ring (bicyclic) bond motifs is 1.